The molecule has 4 heteroatoms. The number of carboxylic acid groups (broad SMARTS) is 1. The van der Waals surface area contributed by atoms with Crippen molar-refractivity contribution in [3.05, 3.63) is 0 Å². The molecule has 0 bridgehead atoms. The molecule has 0 aromatic rings. The van der Waals surface area contributed by atoms with Gasteiger partial charge >= 0.3 is 0 Å². The number of carboxylic acids is 1. The van der Waals surface area contributed by atoms with Crippen LogP contribution in [0, 0.1) is 0 Å². The number of hydrogen-bond donors (Lipinski definition) is 2. The molecule has 0 spiro atoms. The Kier molecular flexibility index (Phi) is 4.74. The predicted octanol–water partition coefficient (Wildman–Crippen LogP) is -0.982. The topological polar surface area (TPSA) is 77.0 Å². The minimum atomic E-state index is -1.08. The number of nitrogens with two attached hydrogens (primary N) is 1. The van der Waals surface area contributed by atoms with Crippen molar-refractivity contribution in [3.63, 3.8) is 0 Å². The van der Waals surface area contributed by atoms with Crippen LogP contribution in [0.4, 0.5) is 0 Å². The molecule has 0 saturated carbocycles. The Labute approximate surface area is 91.7 Å². The van der Waals surface area contributed by atoms with Gasteiger partial charge in [-0.05, 0) is 34.6 Å². The van der Waals surface area contributed by atoms with Crippen LogP contribution in [-0.2, 0) is 4.79 Å². The largest absolute Gasteiger partial charge is 0.550 e. The number of aliphatic carboxylic acids is 1. The lowest BCUT2D eigenvalue weighted by Gasteiger charge is -2.41. The van der Waals surface area contributed by atoms with Crippen LogP contribution in [0.1, 0.15) is 47.5 Å². The van der Waals surface area contributed by atoms with Gasteiger partial charge in [0.1, 0.15) is 0 Å². The van der Waals surface area contributed by atoms with Crippen LogP contribution in [0.3, 0.4) is 0 Å². The lowest BCUT2D eigenvalue weighted by atomic mass is 9.81. The van der Waals surface area contributed by atoms with Gasteiger partial charge in [0.05, 0.1) is 17.2 Å². The smallest absolute Gasteiger partial charge is 0.0933 e. The number of aliphatic hydroxyl groups excluding tert-OH is 1. The third kappa shape index (κ3) is 7.33. The van der Waals surface area contributed by atoms with Crippen molar-refractivity contribution in [2.45, 2.75) is 64.6 Å². The summed E-state index contributed by atoms with van der Waals surface area (Å²) in [7, 11) is 0. The summed E-state index contributed by atoms with van der Waals surface area (Å²) in [5.41, 5.74) is 0.419. The molecule has 0 aliphatic carbocycles. The molecule has 4 nitrogen and oxygen atoms in total. The van der Waals surface area contributed by atoms with Crippen molar-refractivity contribution < 1.29 is 20.3 Å². The number of piperidine rings is 1. The van der Waals surface area contributed by atoms with E-state index in [1.807, 2.05) is 0 Å². The Morgan fingerprint density at radius 2 is 1.53 bits per heavy atom. The van der Waals surface area contributed by atoms with Gasteiger partial charge in [-0.3, -0.25) is 0 Å². The van der Waals surface area contributed by atoms with Gasteiger partial charge in [-0.25, -0.2) is 0 Å². The van der Waals surface area contributed by atoms with Crippen molar-refractivity contribution >= 4 is 5.97 Å². The fourth-order valence-electron chi connectivity index (χ4n) is 2.46. The van der Waals surface area contributed by atoms with Gasteiger partial charge in [0, 0.05) is 18.8 Å². The molecular formula is C11H23NO3. The fourth-order valence-corrected chi connectivity index (χ4v) is 2.46. The highest BCUT2D eigenvalue weighted by Crippen LogP contribution is 2.20. The highest BCUT2D eigenvalue weighted by Gasteiger charge is 2.40. The van der Waals surface area contributed by atoms with Crippen molar-refractivity contribution in [2.24, 2.45) is 0 Å². The van der Waals surface area contributed by atoms with E-state index in [2.05, 4.69) is 33.0 Å². The van der Waals surface area contributed by atoms with Gasteiger partial charge in [-0.15, -0.1) is 0 Å². The molecule has 1 fully saturated rings. The molecule has 1 saturated heterocycles. The highest BCUT2D eigenvalue weighted by molar-refractivity contribution is 5.60. The highest BCUT2D eigenvalue weighted by atomic mass is 16.4. The van der Waals surface area contributed by atoms with Crippen molar-refractivity contribution in [1.82, 2.24) is 0 Å². The van der Waals surface area contributed by atoms with Crippen LogP contribution in [0.15, 0.2) is 0 Å². The molecule has 0 aromatic carbocycles. The van der Waals surface area contributed by atoms with Crippen LogP contribution in [0.25, 0.3) is 0 Å². The summed E-state index contributed by atoms with van der Waals surface area (Å²) in [5.74, 6) is -1.08. The van der Waals surface area contributed by atoms with Gasteiger partial charge in [-0.1, -0.05) is 0 Å². The van der Waals surface area contributed by atoms with Crippen molar-refractivity contribution in [3.8, 4) is 0 Å². The Balaban J connectivity index is 0.000000423. The molecule has 0 amide bonds. The number of aliphatic hydroxyl groups is 1. The molecule has 1 aliphatic rings. The second-order valence-corrected chi connectivity index (χ2v) is 5.68. The van der Waals surface area contributed by atoms with E-state index in [9.17, 15) is 5.11 Å². The van der Waals surface area contributed by atoms with E-state index < -0.39 is 5.97 Å². The number of rotatable bonds is 0. The average Bonchev–Trinajstić information content (AvgIpc) is 1.73. The molecular weight excluding hydrogens is 194 g/mol. The van der Waals surface area contributed by atoms with E-state index in [4.69, 9.17) is 9.90 Å². The third-order valence-corrected chi connectivity index (χ3v) is 2.30. The second-order valence-electron chi connectivity index (χ2n) is 5.68. The van der Waals surface area contributed by atoms with Gasteiger partial charge in [0.25, 0.3) is 0 Å². The molecule has 0 unspecified atom stereocenters. The van der Waals surface area contributed by atoms with Crippen LogP contribution >= 0.6 is 0 Å². The second kappa shape index (κ2) is 4.94. The van der Waals surface area contributed by atoms with E-state index in [1.54, 1.807) is 0 Å². The van der Waals surface area contributed by atoms with Crippen molar-refractivity contribution in [1.29, 1.82) is 0 Å². The molecule has 1 rings (SSSR count). The Morgan fingerprint density at radius 3 is 1.73 bits per heavy atom. The first-order valence-electron chi connectivity index (χ1n) is 5.27. The first-order valence-corrected chi connectivity index (χ1v) is 5.27. The Hall–Kier alpha value is -0.610. The summed E-state index contributed by atoms with van der Waals surface area (Å²) in [5, 5.41) is 20.8. The van der Waals surface area contributed by atoms with Crippen LogP contribution < -0.4 is 10.4 Å². The summed E-state index contributed by atoms with van der Waals surface area (Å²) in [4.78, 5) is 8.89. The van der Waals surface area contributed by atoms with Gasteiger partial charge in [-0.2, -0.15) is 0 Å². The van der Waals surface area contributed by atoms with E-state index in [0.717, 1.165) is 19.8 Å². The summed E-state index contributed by atoms with van der Waals surface area (Å²) in [6, 6.07) is 0. The first kappa shape index (κ1) is 14.4. The minimum absolute atomic E-state index is 0.106. The third-order valence-electron chi connectivity index (χ3n) is 2.30. The van der Waals surface area contributed by atoms with Gasteiger partial charge < -0.3 is 20.3 Å². The molecule has 90 valence electrons. The normalized spacial score (nSPS) is 23.9. The number of quaternary nitrogens is 1. The molecule has 0 atom stereocenters. The van der Waals surface area contributed by atoms with E-state index in [0.29, 0.717) is 0 Å². The summed E-state index contributed by atoms with van der Waals surface area (Å²) < 4.78 is 0. The fraction of sp³-hybridized carbons (Fsp3) is 0.909. The summed E-state index contributed by atoms with van der Waals surface area (Å²) in [6.45, 7) is 9.74. The molecule has 1 aliphatic heterocycles. The number of hydrogen-bond acceptors (Lipinski definition) is 3. The maximum absolute atomic E-state index is 9.56. The van der Waals surface area contributed by atoms with Gasteiger partial charge in [0.15, 0.2) is 0 Å². The maximum Gasteiger partial charge on any atom is 0.0933 e. The predicted molar refractivity (Wildman–Crippen MR) is 56.0 cm³/mol. The van der Waals surface area contributed by atoms with Crippen LogP contribution in [-0.4, -0.2) is 28.3 Å². The van der Waals surface area contributed by atoms with E-state index >= 15 is 0 Å². The van der Waals surface area contributed by atoms with Gasteiger partial charge in [0.2, 0.25) is 0 Å². The lowest BCUT2D eigenvalue weighted by molar-refractivity contribution is -0.789. The molecule has 15 heavy (non-hydrogen) atoms. The van der Waals surface area contributed by atoms with Crippen LogP contribution in [0.5, 0.6) is 0 Å². The zero-order valence-corrected chi connectivity index (χ0v) is 10.3. The lowest BCUT2D eigenvalue weighted by Crippen LogP contribution is -3.05. The minimum Gasteiger partial charge on any atom is -0.550 e. The molecule has 0 radical (unpaired) electrons. The molecule has 0 aromatic heterocycles. The monoisotopic (exact) mass is 217 g/mol. The number of carbonyl (C=O) groups is 1. The Morgan fingerprint density at radius 1 is 1.27 bits per heavy atom. The van der Waals surface area contributed by atoms with Crippen LogP contribution in [0.2, 0.25) is 0 Å². The summed E-state index contributed by atoms with van der Waals surface area (Å²) in [6.07, 6.45) is 1.72. The Bertz CT molecular complexity index is 204. The zero-order valence-electron chi connectivity index (χ0n) is 10.3. The first-order chi connectivity index (χ1) is 6.54. The maximum atomic E-state index is 9.56. The van der Waals surface area contributed by atoms with E-state index in [1.165, 1.54) is 0 Å². The van der Waals surface area contributed by atoms with E-state index in [-0.39, 0.29) is 17.2 Å². The average molecular weight is 217 g/mol. The zero-order chi connectivity index (χ0) is 12.3. The number of carbonyl (C=O) groups excluding carboxylic acids is 1. The molecule has 3 N–H and O–H groups in total. The summed E-state index contributed by atoms with van der Waals surface area (Å²) >= 11 is 0. The standard InChI is InChI=1S/C9H19NO.C2H4O2/c1-8(2)5-7(11)6-9(3,4)10-8;1-2(3)4/h7,10-11H,5-6H2,1-4H3;1H3,(H,3,4). The SMILES string of the molecule is CC(=O)[O-].CC1(C)CC(O)CC(C)(C)[NH2+]1. The van der Waals surface area contributed by atoms with Crippen molar-refractivity contribution in [2.75, 3.05) is 0 Å². The molecule has 1 heterocycles. The quantitative estimate of drug-likeness (QED) is 0.547.